The molecule has 2 atom stereocenters. The van der Waals surface area contributed by atoms with Gasteiger partial charge in [0, 0.05) is 36.7 Å². The number of aromatic nitrogens is 2. The van der Waals surface area contributed by atoms with E-state index in [1.165, 1.54) is 16.8 Å². The van der Waals surface area contributed by atoms with Gasteiger partial charge in [-0.25, -0.2) is 0 Å². The molecule has 0 unspecified atom stereocenters. The molecule has 146 valence electrons. The highest BCUT2D eigenvalue weighted by Crippen LogP contribution is 2.26. The predicted molar refractivity (Wildman–Crippen MR) is 110 cm³/mol. The molecule has 0 amide bonds. The van der Waals surface area contributed by atoms with Crippen molar-refractivity contribution in [1.82, 2.24) is 10.2 Å². The monoisotopic (exact) mass is 397 g/mol. The van der Waals surface area contributed by atoms with Crippen LogP contribution in [0.25, 0.3) is 11.5 Å². The summed E-state index contributed by atoms with van der Waals surface area (Å²) < 4.78 is 12.0. The number of anilines is 1. The molecule has 0 spiro atoms. The Morgan fingerprint density at radius 3 is 2.71 bits per heavy atom. The van der Waals surface area contributed by atoms with Crippen LogP contribution in [0.2, 0.25) is 0 Å². The van der Waals surface area contributed by atoms with E-state index in [1.807, 2.05) is 45.3 Å². The van der Waals surface area contributed by atoms with Gasteiger partial charge in [0.15, 0.2) is 0 Å². The SMILES string of the molecule is Cc1cccc(-c2nnc(SC[C@H]3C[NH2+][C@@H](c4ccc(N(C)C)cc4)O3)o2)c1. The Bertz CT molecular complexity index is 926. The zero-order chi connectivity index (χ0) is 19.5. The summed E-state index contributed by atoms with van der Waals surface area (Å²) in [7, 11) is 4.09. The molecule has 1 aliphatic rings. The minimum Gasteiger partial charge on any atom is -0.411 e. The van der Waals surface area contributed by atoms with Crippen molar-refractivity contribution in [3.05, 3.63) is 59.7 Å². The van der Waals surface area contributed by atoms with Crippen LogP contribution in [0.4, 0.5) is 5.69 Å². The fraction of sp³-hybridized carbons (Fsp3) is 0.333. The molecule has 2 N–H and O–H groups in total. The lowest BCUT2D eigenvalue weighted by atomic mass is 10.1. The zero-order valence-electron chi connectivity index (χ0n) is 16.3. The van der Waals surface area contributed by atoms with Gasteiger partial charge in [0.25, 0.3) is 5.22 Å². The molecule has 6 nitrogen and oxygen atoms in total. The molecule has 3 aromatic rings. The van der Waals surface area contributed by atoms with Gasteiger partial charge in [0.1, 0.15) is 12.6 Å². The molecule has 1 saturated heterocycles. The average Bonchev–Trinajstić information content (AvgIpc) is 3.36. The lowest BCUT2D eigenvalue weighted by Gasteiger charge is -2.14. The highest BCUT2D eigenvalue weighted by Gasteiger charge is 2.30. The van der Waals surface area contributed by atoms with Crippen LogP contribution in [-0.2, 0) is 4.74 Å². The highest BCUT2D eigenvalue weighted by atomic mass is 32.2. The van der Waals surface area contributed by atoms with Crippen molar-refractivity contribution in [2.45, 2.75) is 24.5 Å². The first-order chi connectivity index (χ1) is 13.6. The number of benzene rings is 2. The molecule has 2 aromatic carbocycles. The van der Waals surface area contributed by atoms with E-state index in [0.29, 0.717) is 11.1 Å². The van der Waals surface area contributed by atoms with Gasteiger partial charge in [-0.15, -0.1) is 10.2 Å². The first-order valence-electron chi connectivity index (χ1n) is 9.38. The van der Waals surface area contributed by atoms with Gasteiger partial charge in [-0.05, 0) is 43.3 Å². The zero-order valence-corrected chi connectivity index (χ0v) is 17.1. The first-order valence-corrected chi connectivity index (χ1v) is 10.4. The third kappa shape index (κ3) is 4.38. The second-order valence-electron chi connectivity index (χ2n) is 7.19. The predicted octanol–water partition coefficient (Wildman–Crippen LogP) is 2.86. The summed E-state index contributed by atoms with van der Waals surface area (Å²) in [5, 5.41) is 11.2. The van der Waals surface area contributed by atoms with E-state index in [2.05, 4.69) is 44.7 Å². The van der Waals surface area contributed by atoms with Crippen LogP contribution in [0.5, 0.6) is 0 Å². The number of quaternary nitrogens is 1. The van der Waals surface area contributed by atoms with E-state index in [-0.39, 0.29) is 12.3 Å². The molecule has 7 heteroatoms. The largest absolute Gasteiger partial charge is 0.411 e. The molecular weight excluding hydrogens is 372 g/mol. The smallest absolute Gasteiger partial charge is 0.276 e. The maximum atomic E-state index is 6.20. The van der Waals surface area contributed by atoms with Gasteiger partial charge < -0.3 is 19.4 Å². The van der Waals surface area contributed by atoms with E-state index < -0.39 is 0 Å². The van der Waals surface area contributed by atoms with Gasteiger partial charge >= 0.3 is 0 Å². The van der Waals surface area contributed by atoms with Gasteiger partial charge in [0.2, 0.25) is 12.1 Å². The average molecular weight is 398 g/mol. The van der Waals surface area contributed by atoms with Crippen LogP contribution < -0.4 is 10.2 Å². The third-order valence-electron chi connectivity index (χ3n) is 4.75. The molecule has 0 aliphatic carbocycles. The third-order valence-corrected chi connectivity index (χ3v) is 5.70. The van der Waals surface area contributed by atoms with E-state index in [1.54, 1.807) is 11.8 Å². The summed E-state index contributed by atoms with van der Waals surface area (Å²) in [6, 6.07) is 16.6. The van der Waals surface area contributed by atoms with E-state index in [9.17, 15) is 0 Å². The number of nitrogens with two attached hydrogens (primary N) is 1. The van der Waals surface area contributed by atoms with E-state index in [0.717, 1.165) is 17.9 Å². The second-order valence-corrected chi connectivity index (χ2v) is 8.16. The highest BCUT2D eigenvalue weighted by molar-refractivity contribution is 7.99. The van der Waals surface area contributed by atoms with Crippen molar-refractivity contribution in [2.24, 2.45) is 0 Å². The van der Waals surface area contributed by atoms with Crippen molar-refractivity contribution < 1.29 is 14.5 Å². The molecule has 1 aromatic heterocycles. The maximum Gasteiger partial charge on any atom is 0.276 e. The quantitative estimate of drug-likeness (QED) is 0.645. The first kappa shape index (κ1) is 19.0. The number of hydrogen-bond donors (Lipinski definition) is 1. The van der Waals surface area contributed by atoms with Gasteiger partial charge in [0.05, 0.1) is 0 Å². The lowest BCUT2D eigenvalue weighted by Crippen LogP contribution is -2.82. The topological polar surface area (TPSA) is 68.0 Å². The lowest BCUT2D eigenvalue weighted by molar-refractivity contribution is -0.697. The van der Waals surface area contributed by atoms with Crippen LogP contribution >= 0.6 is 11.8 Å². The molecular formula is C21H25N4O2S+. The minimum absolute atomic E-state index is 0.0485. The van der Waals surface area contributed by atoms with Crippen molar-refractivity contribution >= 4 is 17.4 Å². The minimum atomic E-state index is 0.0485. The normalized spacial score (nSPS) is 19.1. The summed E-state index contributed by atoms with van der Waals surface area (Å²) >= 11 is 1.55. The van der Waals surface area contributed by atoms with Crippen molar-refractivity contribution in [3.63, 3.8) is 0 Å². The molecule has 0 bridgehead atoms. The van der Waals surface area contributed by atoms with Crippen molar-refractivity contribution in [2.75, 3.05) is 31.3 Å². The number of nitrogens with zero attached hydrogens (tertiary/aromatic N) is 3. The summed E-state index contributed by atoms with van der Waals surface area (Å²) in [6.07, 6.45) is 0.199. The molecule has 28 heavy (non-hydrogen) atoms. The summed E-state index contributed by atoms with van der Waals surface area (Å²) in [6.45, 7) is 2.97. The number of aryl methyl sites for hydroxylation is 1. The molecule has 0 saturated carbocycles. The van der Waals surface area contributed by atoms with Crippen LogP contribution in [0.15, 0.2) is 58.2 Å². The van der Waals surface area contributed by atoms with Crippen molar-refractivity contribution in [3.8, 4) is 11.5 Å². The van der Waals surface area contributed by atoms with Crippen molar-refractivity contribution in [1.29, 1.82) is 0 Å². The Kier molecular flexibility index (Phi) is 5.66. The number of hydrogen-bond acceptors (Lipinski definition) is 6. The van der Waals surface area contributed by atoms with Gasteiger partial charge in [-0.1, -0.05) is 29.5 Å². The Morgan fingerprint density at radius 2 is 1.96 bits per heavy atom. The summed E-state index contributed by atoms with van der Waals surface area (Å²) in [5.74, 6) is 1.35. The maximum absolute atomic E-state index is 6.20. The van der Waals surface area contributed by atoms with Gasteiger partial charge in [-0.2, -0.15) is 0 Å². The number of ether oxygens (including phenoxy) is 1. The molecule has 4 rings (SSSR count). The van der Waals surface area contributed by atoms with Crippen LogP contribution in [0.1, 0.15) is 17.4 Å². The Morgan fingerprint density at radius 1 is 1.14 bits per heavy atom. The standard InChI is InChI=1S/C21H24N4O2S/c1-14-5-4-6-16(11-14)20-23-24-21(27-20)28-13-18-12-22-19(26-18)15-7-9-17(10-8-15)25(2)3/h4-11,18-19,22H,12-13H2,1-3H3/p+1/t18-,19-/m1/s1. The Balaban J connectivity index is 1.31. The number of rotatable bonds is 6. The van der Waals surface area contributed by atoms with Gasteiger partial charge in [-0.3, -0.25) is 0 Å². The summed E-state index contributed by atoms with van der Waals surface area (Å²) in [5.41, 5.74) is 4.50. The summed E-state index contributed by atoms with van der Waals surface area (Å²) in [4.78, 5) is 2.10. The number of thioether (sulfide) groups is 1. The van der Waals surface area contributed by atoms with Crippen LogP contribution in [0.3, 0.4) is 0 Å². The van der Waals surface area contributed by atoms with Crippen LogP contribution in [0, 0.1) is 6.92 Å². The molecule has 2 heterocycles. The second kappa shape index (κ2) is 8.34. The Labute approximate surface area is 169 Å². The van der Waals surface area contributed by atoms with E-state index >= 15 is 0 Å². The molecule has 1 fully saturated rings. The fourth-order valence-electron chi connectivity index (χ4n) is 3.21. The Hall–Kier alpha value is -2.35. The molecule has 1 aliphatic heterocycles. The van der Waals surface area contributed by atoms with Crippen LogP contribution in [-0.4, -0.2) is 42.7 Å². The molecule has 0 radical (unpaired) electrons. The van der Waals surface area contributed by atoms with E-state index in [4.69, 9.17) is 9.15 Å². The fourth-order valence-corrected chi connectivity index (χ4v) is 3.98.